The zero-order valence-electron chi connectivity index (χ0n) is 16.3. The molecule has 1 aliphatic carbocycles. The Morgan fingerprint density at radius 2 is 1.83 bits per heavy atom. The minimum atomic E-state index is -0.557. The number of nitrogens with one attached hydrogen (secondary N) is 1. The lowest BCUT2D eigenvalue weighted by Gasteiger charge is -2.40. The van der Waals surface area contributed by atoms with E-state index in [1.165, 1.54) is 12.1 Å². The highest BCUT2D eigenvalue weighted by Crippen LogP contribution is 2.45. The van der Waals surface area contributed by atoms with Gasteiger partial charge in [0, 0.05) is 23.1 Å². The number of amides is 1. The predicted octanol–water partition coefficient (Wildman–Crippen LogP) is 4.75. The van der Waals surface area contributed by atoms with Crippen molar-refractivity contribution in [1.29, 1.82) is 0 Å². The first kappa shape index (κ1) is 19.3. The molecule has 1 amide bonds. The number of pyridine rings is 1. The maximum atomic E-state index is 13.1. The zero-order valence-corrected chi connectivity index (χ0v) is 16.3. The van der Waals surface area contributed by atoms with Crippen LogP contribution in [0.3, 0.4) is 0 Å². The summed E-state index contributed by atoms with van der Waals surface area (Å²) in [5.74, 6) is -0.388. The molecule has 2 aromatic carbocycles. The van der Waals surface area contributed by atoms with Gasteiger partial charge in [-0.3, -0.25) is 9.78 Å². The van der Waals surface area contributed by atoms with Crippen molar-refractivity contribution >= 4 is 11.6 Å². The largest absolute Gasteiger partial charge is 0.392 e. The number of benzene rings is 2. The van der Waals surface area contributed by atoms with Crippen molar-refractivity contribution in [2.24, 2.45) is 0 Å². The number of aliphatic hydroxyl groups is 1. The third-order valence-electron chi connectivity index (χ3n) is 5.79. The number of rotatable bonds is 5. The molecule has 0 unspecified atom stereocenters. The van der Waals surface area contributed by atoms with Crippen molar-refractivity contribution in [1.82, 2.24) is 4.98 Å². The predicted molar refractivity (Wildman–Crippen MR) is 111 cm³/mol. The van der Waals surface area contributed by atoms with Crippen molar-refractivity contribution in [3.63, 3.8) is 0 Å². The molecule has 1 saturated carbocycles. The Morgan fingerprint density at radius 1 is 1.14 bits per heavy atom. The Morgan fingerprint density at radius 3 is 2.41 bits per heavy atom. The van der Waals surface area contributed by atoms with Gasteiger partial charge < -0.3 is 10.4 Å². The quantitative estimate of drug-likeness (QED) is 0.661. The molecular formula is C24H23FN2O2. The van der Waals surface area contributed by atoms with Gasteiger partial charge in [0.25, 0.3) is 0 Å². The van der Waals surface area contributed by atoms with Crippen LogP contribution in [0, 0.1) is 12.7 Å². The highest BCUT2D eigenvalue weighted by atomic mass is 19.1. The number of halogens is 1. The van der Waals surface area contributed by atoms with Gasteiger partial charge in [-0.1, -0.05) is 30.7 Å². The highest BCUT2D eigenvalue weighted by molar-refractivity contribution is 6.00. The summed E-state index contributed by atoms with van der Waals surface area (Å²) in [4.78, 5) is 17.4. The van der Waals surface area contributed by atoms with Gasteiger partial charge in [-0.2, -0.15) is 0 Å². The lowest BCUT2D eigenvalue weighted by molar-refractivity contribution is -0.124. The molecule has 1 aromatic heterocycles. The molecule has 0 atom stereocenters. The minimum absolute atomic E-state index is 0.0511. The van der Waals surface area contributed by atoms with Crippen LogP contribution in [0.5, 0.6) is 0 Å². The molecule has 0 bridgehead atoms. The van der Waals surface area contributed by atoms with Gasteiger partial charge in [-0.05, 0) is 66.8 Å². The number of nitrogens with zero attached hydrogens (tertiary/aromatic N) is 1. The molecule has 2 N–H and O–H groups in total. The van der Waals surface area contributed by atoms with E-state index in [1.54, 1.807) is 18.3 Å². The molecule has 1 fully saturated rings. The number of carbonyl (C=O) groups is 1. The van der Waals surface area contributed by atoms with Gasteiger partial charge in [-0.25, -0.2) is 4.39 Å². The van der Waals surface area contributed by atoms with E-state index < -0.39 is 5.41 Å². The summed E-state index contributed by atoms with van der Waals surface area (Å²) < 4.78 is 13.1. The molecule has 3 aromatic rings. The number of anilines is 1. The van der Waals surface area contributed by atoms with Gasteiger partial charge in [0.2, 0.25) is 5.91 Å². The topological polar surface area (TPSA) is 62.2 Å². The third kappa shape index (κ3) is 3.66. The summed E-state index contributed by atoms with van der Waals surface area (Å²) in [6.07, 6.45) is 4.34. The van der Waals surface area contributed by atoms with E-state index in [1.807, 2.05) is 37.3 Å². The monoisotopic (exact) mass is 390 g/mol. The molecule has 0 saturated heterocycles. The summed E-state index contributed by atoms with van der Waals surface area (Å²) in [6, 6.07) is 15.6. The van der Waals surface area contributed by atoms with Crippen LogP contribution >= 0.6 is 0 Å². The maximum absolute atomic E-state index is 13.1. The van der Waals surface area contributed by atoms with Crippen LogP contribution in [-0.4, -0.2) is 16.0 Å². The van der Waals surface area contributed by atoms with Crippen molar-refractivity contribution in [2.45, 2.75) is 38.2 Å². The van der Waals surface area contributed by atoms with Crippen LogP contribution in [0.4, 0.5) is 10.1 Å². The van der Waals surface area contributed by atoms with Gasteiger partial charge in [0.15, 0.2) is 0 Å². The van der Waals surface area contributed by atoms with Crippen LogP contribution in [-0.2, 0) is 16.8 Å². The Bertz CT molecular complexity index is 1030. The second-order valence-corrected chi connectivity index (χ2v) is 7.61. The lowest BCUT2D eigenvalue weighted by Crippen LogP contribution is -2.46. The van der Waals surface area contributed by atoms with Gasteiger partial charge >= 0.3 is 0 Å². The SMILES string of the molecule is Cc1cc(CO)c(-c2ccc(C3(C(=O)Nc4ccc(F)cc4)CCC3)cc2)cn1. The molecule has 5 heteroatoms. The Hall–Kier alpha value is -3.05. The maximum Gasteiger partial charge on any atom is 0.235 e. The number of aryl methyl sites for hydroxylation is 1. The highest BCUT2D eigenvalue weighted by Gasteiger charge is 2.45. The number of hydrogen-bond acceptors (Lipinski definition) is 3. The van der Waals surface area contributed by atoms with Crippen molar-refractivity contribution in [2.75, 3.05) is 5.32 Å². The first-order valence-corrected chi connectivity index (χ1v) is 9.76. The molecule has 0 spiro atoms. The second-order valence-electron chi connectivity index (χ2n) is 7.61. The second kappa shape index (κ2) is 7.76. The van der Waals surface area contributed by atoms with E-state index >= 15 is 0 Å². The number of hydrogen-bond donors (Lipinski definition) is 2. The average molecular weight is 390 g/mol. The molecular weight excluding hydrogens is 367 g/mol. The Labute approximate surface area is 169 Å². The van der Waals surface area contributed by atoms with Crippen molar-refractivity contribution in [3.8, 4) is 11.1 Å². The smallest absolute Gasteiger partial charge is 0.235 e. The van der Waals surface area contributed by atoms with E-state index in [2.05, 4.69) is 10.3 Å². The number of aliphatic hydroxyl groups excluding tert-OH is 1. The summed E-state index contributed by atoms with van der Waals surface area (Å²) >= 11 is 0. The van der Waals surface area contributed by atoms with Crippen LogP contribution in [0.15, 0.2) is 60.8 Å². The van der Waals surface area contributed by atoms with E-state index in [-0.39, 0.29) is 18.3 Å². The molecule has 0 aliphatic heterocycles. The standard InChI is InChI=1S/C24H23FN2O2/c1-16-13-18(15-28)22(14-26-16)17-3-5-19(6-4-17)24(11-2-12-24)23(29)27-21-9-7-20(25)8-10-21/h3-10,13-14,28H,2,11-12,15H2,1H3,(H,27,29). The summed E-state index contributed by atoms with van der Waals surface area (Å²) in [6.45, 7) is 1.84. The Kier molecular flexibility index (Phi) is 5.16. The van der Waals surface area contributed by atoms with Crippen molar-refractivity contribution < 1.29 is 14.3 Å². The summed E-state index contributed by atoms with van der Waals surface area (Å²) in [7, 11) is 0. The molecule has 4 nitrogen and oxygen atoms in total. The van der Waals surface area contributed by atoms with E-state index in [0.717, 1.165) is 47.2 Å². The molecule has 29 heavy (non-hydrogen) atoms. The third-order valence-corrected chi connectivity index (χ3v) is 5.79. The number of carbonyl (C=O) groups excluding carboxylic acids is 1. The fraction of sp³-hybridized carbons (Fsp3) is 0.250. The van der Waals surface area contributed by atoms with Crippen molar-refractivity contribution in [3.05, 3.63) is 83.4 Å². The van der Waals surface area contributed by atoms with Crippen LogP contribution in [0.1, 0.15) is 36.1 Å². The van der Waals surface area contributed by atoms with Gasteiger partial charge in [0.1, 0.15) is 5.82 Å². The molecule has 1 aliphatic rings. The van der Waals surface area contributed by atoms with E-state index in [4.69, 9.17) is 0 Å². The molecule has 148 valence electrons. The number of aromatic nitrogens is 1. The minimum Gasteiger partial charge on any atom is -0.392 e. The first-order chi connectivity index (χ1) is 14.0. The van der Waals surface area contributed by atoms with E-state index in [0.29, 0.717) is 5.69 Å². The molecule has 0 radical (unpaired) electrons. The van der Waals surface area contributed by atoms with Crippen LogP contribution < -0.4 is 5.32 Å². The lowest BCUT2D eigenvalue weighted by atomic mass is 9.63. The van der Waals surface area contributed by atoms with Gasteiger partial charge in [0.05, 0.1) is 12.0 Å². The summed E-state index contributed by atoms with van der Waals surface area (Å²) in [5.41, 5.74) is 4.55. The first-order valence-electron chi connectivity index (χ1n) is 9.76. The van der Waals surface area contributed by atoms with E-state index in [9.17, 15) is 14.3 Å². The fourth-order valence-electron chi connectivity index (χ4n) is 3.94. The normalized spacial score (nSPS) is 14.9. The zero-order chi connectivity index (χ0) is 20.4. The summed E-state index contributed by atoms with van der Waals surface area (Å²) in [5, 5.41) is 12.6. The Balaban J connectivity index is 1.60. The fourth-order valence-corrected chi connectivity index (χ4v) is 3.94. The average Bonchev–Trinajstić information content (AvgIpc) is 2.69. The van der Waals surface area contributed by atoms with Crippen LogP contribution in [0.2, 0.25) is 0 Å². The van der Waals surface area contributed by atoms with Gasteiger partial charge in [-0.15, -0.1) is 0 Å². The molecule has 4 rings (SSSR count). The van der Waals surface area contributed by atoms with Crippen LogP contribution in [0.25, 0.3) is 11.1 Å². The molecule has 1 heterocycles.